The molecule has 0 radical (unpaired) electrons. The molecule has 2 aromatic carbocycles. The van der Waals surface area contributed by atoms with E-state index in [9.17, 15) is 0 Å². The van der Waals surface area contributed by atoms with Crippen molar-refractivity contribution in [3.8, 4) is 5.75 Å². The Balaban J connectivity index is 1.79. The molecule has 0 saturated heterocycles. The van der Waals surface area contributed by atoms with Crippen LogP contribution in [-0.4, -0.2) is 6.54 Å². The van der Waals surface area contributed by atoms with E-state index in [-0.39, 0.29) is 0 Å². The van der Waals surface area contributed by atoms with Crippen molar-refractivity contribution < 1.29 is 4.74 Å². The Morgan fingerprint density at radius 1 is 1.11 bits per heavy atom. The van der Waals surface area contributed by atoms with Gasteiger partial charge in [-0.2, -0.15) is 0 Å². The lowest BCUT2D eigenvalue weighted by Crippen LogP contribution is -2.14. The van der Waals surface area contributed by atoms with E-state index in [1.807, 2.05) is 18.2 Å². The fourth-order valence-electron chi connectivity index (χ4n) is 2.59. The lowest BCUT2D eigenvalue weighted by Gasteiger charge is -2.21. The van der Waals surface area contributed by atoms with Crippen molar-refractivity contribution in [2.45, 2.75) is 26.4 Å². The molecule has 0 saturated carbocycles. The summed E-state index contributed by atoms with van der Waals surface area (Å²) in [4.78, 5) is 0. The molecule has 2 nitrogen and oxygen atoms in total. The molecule has 2 heteroatoms. The zero-order valence-electron chi connectivity index (χ0n) is 11.3. The normalized spacial score (nSPS) is 13.5. The smallest absolute Gasteiger partial charge is 0.122 e. The minimum atomic E-state index is 0.649. The number of hydrogen-bond donors (Lipinski definition) is 1. The maximum absolute atomic E-state index is 5.96. The number of para-hydroxylation sites is 1. The zero-order chi connectivity index (χ0) is 13.1. The maximum Gasteiger partial charge on any atom is 0.122 e. The van der Waals surface area contributed by atoms with E-state index in [0.29, 0.717) is 6.61 Å². The zero-order valence-corrected chi connectivity index (χ0v) is 11.3. The molecule has 0 bridgehead atoms. The van der Waals surface area contributed by atoms with Crippen LogP contribution in [0.2, 0.25) is 0 Å². The number of hydrogen-bond acceptors (Lipinski definition) is 2. The summed E-state index contributed by atoms with van der Waals surface area (Å²) in [5.41, 5.74) is 5.18. The van der Waals surface area contributed by atoms with Crippen molar-refractivity contribution in [3.05, 3.63) is 59.2 Å². The summed E-state index contributed by atoms with van der Waals surface area (Å²) in [5.74, 6) is 0.976. The van der Waals surface area contributed by atoms with E-state index in [1.165, 1.54) is 28.8 Å². The van der Waals surface area contributed by atoms with Gasteiger partial charge in [0, 0.05) is 12.2 Å². The van der Waals surface area contributed by atoms with Crippen LogP contribution < -0.4 is 10.1 Å². The fourth-order valence-corrected chi connectivity index (χ4v) is 2.59. The second-order valence-electron chi connectivity index (χ2n) is 5.03. The van der Waals surface area contributed by atoms with Crippen molar-refractivity contribution in [1.82, 2.24) is 0 Å². The van der Waals surface area contributed by atoms with Gasteiger partial charge in [0.05, 0.1) is 0 Å². The second-order valence-corrected chi connectivity index (χ2v) is 5.03. The van der Waals surface area contributed by atoms with Gasteiger partial charge in [-0.15, -0.1) is 0 Å². The predicted molar refractivity (Wildman–Crippen MR) is 78.8 cm³/mol. The number of anilines is 1. The van der Waals surface area contributed by atoms with Gasteiger partial charge in [-0.25, -0.2) is 0 Å². The molecule has 98 valence electrons. The highest BCUT2D eigenvalue weighted by molar-refractivity contribution is 5.56. The molecule has 19 heavy (non-hydrogen) atoms. The van der Waals surface area contributed by atoms with Gasteiger partial charge in [-0.3, -0.25) is 0 Å². The molecule has 0 aromatic heterocycles. The monoisotopic (exact) mass is 253 g/mol. The lowest BCUT2D eigenvalue weighted by molar-refractivity contribution is 0.303. The van der Waals surface area contributed by atoms with Crippen LogP contribution in [0.3, 0.4) is 0 Å². The van der Waals surface area contributed by atoms with Crippen LogP contribution in [0.15, 0.2) is 42.5 Å². The summed E-state index contributed by atoms with van der Waals surface area (Å²) >= 11 is 0. The Morgan fingerprint density at radius 3 is 2.89 bits per heavy atom. The summed E-state index contributed by atoms with van der Waals surface area (Å²) in [6, 6.07) is 14.6. The average Bonchev–Trinajstić information content (AvgIpc) is 2.46. The van der Waals surface area contributed by atoms with E-state index in [1.54, 1.807) is 0 Å². The van der Waals surface area contributed by atoms with E-state index < -0.39 is 0 Å². The fraction of sp³-hybridized carbons (Fsp3) is 0.294. The molecule has 0 fully saturated rings. The predicted octanol–water partition coefficient (Wildman–Crippen LogP) is 3.93. The second kappa shape index (κ2) is 5.35. The minimum Gasteiger partial charge on any atom is -0.489 e. The van der Waals surface area contributed by atoms with Crippen LogP contribution in [0.5, 0.6) is 5.75 Å². The third-order valence-corrected chi connectivity index (χ3v) is 3.67. The summed E-state index contributed by atoms with van der Waals surface area (Å²) in [5, 5.41) is 3.46. The summed E-state index contributed by atoms with van der Waals surface area (Å²) in [6.45, 7) is 3.81. The van der Waals surface area contributed by atoms with Gasteiger partial charge in [0.2, 0.25) is 0 Å². The Hall–Kier alpha value is -1.96. The molecule has 0 unspecified atom stereocenters. The molecule has 0 spiro atoms. The number of fused-ring (bicyclic) bond motifs is 1. The Labute approximate surface area is 114 Å². The molecule has 0 aliphatic carbocycles. The van der Waals surface area contributed by atoms with Gasteiger partial charge in [0.1, 0.15) is 12.4 Å². The van der Waals surface area contributed by atoms with E-state index in [0.717, 1.165) is 18.7 Å². The van der Waals surface area contributed by atoms with Gasteiger partial charge >= 0.3 is 0 Å². The van der Waals surface area contributed by atoms with Gasteiger partial charge in [0.25, 0.3) is 0 Å². The highest BCUT2D eigenvalue weighted by Gasteiger charge is 2.12. The maximum atomic E-state index is 5.96. The third kappa shape index (κ3) is 2.58. The van der Waals surface area contributed by atoms with Crippen LogP contribution in [0.4, 0.5) is 5.69 Å². The number of ether oxygens (including phenoxy) is 1. The number of nitrogens with one attached hydrogen (secondary N) is 1. The SMILES string of the molecule is Cc1ccccc1OCc1cccc2c1CCCN2. The van der Waals surface area contributed by atoms with Crippen LogP contribution >= 0.6 is 0 Å². The molecule has 0 atom stereocenters. The van der Waals surface area contributed by atoms with Crippen LogP contribution in [-0.2, 0) is 13.0 Å². The Bertz CT molecular complexity index is 577. The topological polar surface area (TPSA) is 21.3 Å². The Kier molecular flexibility index (Phi) is 3.41. The summed E-state index contributed by atoms with van der Waals surface area (Å²) in [6.07, 6.45) is 2.35. The van der Waals surface area contributed by atoms with E-state index in [4.69, 9.17) is 4.74 Å². The molecule has 1 N–H and O–H groups in total. The van der Waals surface area contributed by atoms with Crippen molar-refractivity contribution in [1.29, 1.82) is 0 Å². The van der Waals surface area contributed by atoms with E-state index in [2.05, 4.69) is 36.5 Å². The minimum absolute atomic E-state index is 0.649. The molecule has 1 aliphatic rings. The molecule has 3 rings (SSSR count). The van der Waals surface area contributed by atoms with Gasteiger partial charge in [-0.1, -0.05) is 30.3 Å². The quantitative estimate of drug-likeness (QED) is 0.894. The van der Waals surface area contributed by atoms with Crippen molar-refractivity contribution in [2.75, 3.05) is 11.9 Å². The Morgan fingerprint density at radius 2 is 2.00 bits per heavy atom. The largest absolute Gasteiger partial charge is 0.489 e. The molecule has 1 aliphatic heterocycles. The summed E-state index contributed by atoms with van der Waals surface area (Å²) < 4.78 is 5.96. The number of aryl methyl sites for hydroxylation is 1. The van der Waals surface area contributed by atoms with Crippen LogP contribution in [0.1, 0.15) is 23.1 Å². The molecular formula is C17H19NO. The average molecular weight is 253 g/mol. The molecule has 0 amide bonds. The van der Waals surface area contributed by atoms with Crippen molar-refractivity contribution in [3.63, 3.8) is 0 Å². The van der Waals surface area contributed by atoms with E-state index >= 15 is 0 Å². The molecular weight excluding hydrogens is 234 g/mol. The first-order valence-corrected chi connectivity index (χ1v) is 6.87. The first-order chi connectivity index (χ1) is 9.34. The first-order valence-electron chi connectivity index (χ1n) is 6.87. The first kappa shape index (κ1) is 12.1. The van der Waals surface area contributed by atoms with Gasteiger partial charge < -0.3 is 10.1 Å². The highest BCUT2D eigenvalue weighted by atomic mass is 16.5. The van der Waals surface area contributed by atoms with Crippen LogP contribution in [0, 0.1) is 6.92 Å². The van der Waals surface area contributed by atoms with Crippen molar-refractivity contribution in [2.24, 2.45) is 0 Å². The molecule has 2 aromatic rings. The van der Waals surface area contributed by atoms with Gasteiger partial charge in [-0.05, 0) is 48.6 Å². The van der Waals surface area contributed by atoms with Crippen LogP contribution in [0.25, 0.3) is 0 Å². The standard InChI is InChI=1S/C17H19NO/c1-13-6-2-3-10-17(13)19-12-14-7-4-9-16-15(14)8-5-11-18-16/h2-4,6-7,9-10,18H,5,8,11-12H2,1H3. The van der Waals surface area contributed by atoms with Gasteiger partial charge in [0.15, 0.2) is 0 Å². The molecule has 1 heterocycles. The summed E-state index contributed by atoms with van der Waals surface area (Å²) in [7, 11) is 0. The van der Waals surface area contributed by atoms with Crippen molar-refractivity contribution >= 4 is 5.69 Å². The number of rotatable bonds is 3. The highest BCUT2D eigenvalue weighted by Crippen LogP contribution is 2.26. The number of benzene rings is 2. The third-order valence-electron chi connectivity index (χ3n) is 3.67. The lowest BCUT2D eigenvalue weighted by atomic mass is 9.98.